The maximum atomic E-state index is 6.08. The Labute approximate surface area is 173 Å². The Kier molecular flexibility index (Phi) is 4.46. The van der Waals surface area contributed by atoms with Gasteiger partial charge in [-0.1, -0.05) is 0 Å². The quantitative estimate of drug-likeness (QED) is 0.603. The van der Waals surface area contributed by atoms with E-state index in [-0.39, 0.29) is 21.7 Å². The van der Waals surface area contributed by atoms with E-state index < -0.39 is 0 Å². The molecule has 1 aromatic rings. The Morgan fingerprint density at radius 2 is 1.50 bits per heavy atom. The van der Waals surface area contributed by atoms with Crippen molar-refractivity contribution in [3.05, 3.63) is 42.6 Å². The molecule has 0 aromatic carbocycles. The maximum absolute atomic E-state index is 6.08. The van der Waals surface area contributed by atoms with E-state index in [4.69, 9.17) is 18.9 Å². The van der Waals surface area contributed by atoms with Crippen molar-refractivity contribution in [2.75, 3.05) is 26.4 Å². The molecule has 0 aliphatic carbocycles. The fourth-order valence-electron chi connectivity index (χ4n) is 3.82. The molecule has 0 amide bonds. The van der Waals surface area contributed by atoms with Gasteiger partial charge < -0.3 is 18.9 Å². The minimum absolute atomic E-state index is 0.0216. The van der Waals surface area contributed by atoms with E-state index in [1.165, 1.54) is 9.75 Å². The van der Waals surface area contributed by atoms with Gasteiger partial charge in [0.1, 0.15) is 36.9 Å². The second kappa shape index (κ2) is 6.46. The SMILES string of the molecule is CC1(c2cc(Br)c(C3(C)SC=C4OCCOC43)s2)SC=C2OCCOC21. The summed E-state index contributed by atoms with van der Waals surface area (Å²) >= 11 is 9.23. The molecule has 4 aliphatic rings. The maximum Gasteiger partial charge on any atom is 0.135 e. The summed E-state index contributed by atoms with van der Waals surface area (Å²) in [4.78, 5) is 2.57. The molecule has 0 N–H and O–H groups in total. The number of thiophene rings is 1. The number of thioether (sulfide) groups is 2. The third-order valence-electron chi connectivity index (χ3n) is 5.26. The summed E-state index contributed by atoms with van der Waals surface area (Å²) in [5.74, 6) is 1.92. The van der Waals surface area contributed by atoms with E-state index in [0.717, 1.165) is 16.0 Å². The average molecular weight is 475 g/mol. The summed E-state index contributed by atoms with van der Waals surface area (Å²) in [5, 5.41) is 4.22. The highest BCUT2D eigenvalue weighted by atomic mass is 79.9. The van der Waals surface area contributed by atoms with Gasteiger partial charge >= 0.3 is 0 Å². The van der Waals surface area contributed by atoms with Crippen LogP contribution in [0.1, 0.15) is 23.6 Å². The first kappa shape index (κ1) is 17.9. The third-order valence-corrected chi connectivity index (χ3v) is 10.5. The number of ether oxygens (including phenoxy) is 4. The Hall–Kier alpha value is -0.120. The summed E-state index contributed by atoms with van der Waals surface area (Å²) in [5.41, 5.74) is 0. The summed E-state index contributed by atoms with van der Waals surface area (Å²) in [6, 6.07) is 2.25. The summed E-state index contributed by atoms with van der Waals surface area (Å²) < 4.78 is 24.6. The van der Waals surface area contributed by atoms with Gasteiger partial charge in [0.15, 0.2) is 0 Å². The molecule has 5 rings (SSSR count). The molecule has 4 unspecified atom stereocenters. The van der Waals surface area contributed by atoms with Crippen LogP contribution >= 0.6 is 50.8 Å². The molecule has 0 spiro atoms. The molecule has 2 saturated heterocycles. The fraction of sp³-hybridized carbons (Fsp3) is 0.556. The normalized spacial score (nSPS) is 38.7. The van der Waals surface area contributed by atoms with Crippen molar-refractivity contribution >= 4 is 50.8 Å². The highest BCUT2D eigenvalue weighted by Crippen LogP contribution is 2.59. The molecule has 0 bridgehead atoms. The van der Waals surface area contributed by atoms with Crippen molar-refractivity contribution in [3.8, 4) is 0 Å². The molecule has 26 heavy (non-hydrogen) atoms. The molecule has 1 aromatic heterocycles. The van der Waals surface area contributed by atoms with Crippen molar-refractivity contribution in [1.29, 1.82) is 0 Å². The van der Waals surface area contributed by atoms with E-state index in [9.17, 15) is 0 Å². The molecule has 140 valence electrons. The van der Waals surface area contributed by atoms with Crippen molar-refractivity contribution in [2.24, 2.45) is 0 Å². The van der Waals surface area contributed by atoms with Gasteiger partial charge in [0.25, 0.3) is 0 Å². The summed E-state index contributed by atoms with van der Waals surface area (Å²) in [6.45, 7) is 7.05. The van der Waals surface area contributed by atoms with E-state index in [2.05, 4.69) is 46.7 Å². The predicted molar refractivity (Wildman–Crippen MR) is 109 cm³/mol. The molecular formula is C18H19BrO4S3. The number of fused-ring (bicyclic) bond motifs is 2. The van der Waals surface area contributed by atoms with E-state index >= 15 is 0 Å². The van der Waals surface area contributed by atoms with Crippen LogP contribution in [0.15, 0.2) is 32.9 Å². The smallest absolute Gasteiger partial charge is 0.135 e. The predicted octanol–water partition coefficient (Wildman–Crippen LogP) is 4.95. The van der Waals surface area contributed by atoms with Gasteiger partial charge in [-0.05, 0) is 35.8 Å². The van der Waals surface area contributed by atoms with Crippen molar-refractivity contribution in [1.82, 2.24) is 0 Å². The lowest BCUT2D eigenvalue weighted by molar-refractivity contribution is -0.0536. The third kappa shape index (κ3) is 2.56. The molecule has 4 nitrogen and oxygen atoms in total. The Morgan fingerprint density at radius 1 is 0.923 bits per heavy atom. The van der Waals surface area contributed by atoms with Gasteiger partial charge in [0.05, 0.1) is 22.7 Å². The molecule has 2 fully saturated rings. The van der Waals surface area contributed by atoms with Gasteiger partial charge in [-0.2, -0.15) is 0 Å². The van der Waals surface area contributed by atoms with Gasteiger partial charge in [-0.3, -0.25) is 0 Å². The monoisotopic (exact) mass is 474 g/mol. The number of rotatable bonds is 2. The largest absolute Gasteiger partial charge is 0.492 e. The topological polar surface area (TPSA) is 36.9 Å². The van der Waals surface area contributed by atoms with Crippen molar-refractivity contribution in [2.45, 2.75) is 35.5 Å². The van der Waals surface area contributed by atoms with Crippen LogP contribution in [0, 0.1) is 0 Å². The average Bonchev–Trinajstić information content (AvgIpc) is 3.32. The first-order chi connectivity index (χ1) is 12.5. The lowest BCUT2D eigenvalue weighted by atomic mass is 9.98. The summed E-state index contributed by atoms with van der Waals surface area (Å²) in [6.07, 6.45) is -0.0531. The highest BCUT2D eigenvalue weighted by molar-refractivity contribution is 9.10. The van der Waals surface area contributed by atoms with Gasteiger partial charge in [-0.25, -0.2) is 0 Å². The number of halogens is 1. The van der Waals surface area contributed by atoms with Gasteiger partial charge in [0.2, 0.25) is 0 Å². The van der Waals surface area contributed by atoms with Crippen LogP contribution in [0.2, 0.25) is 0 Å². The van der Waals surface area contributed by atoms with Crippen LogP contribution in [-0.2, 0) is 28.4 Å². The zero-order valence-electron chi connectivity index (χ0n) is 14.5. The van der Waals surface area contributed by atoms with E-state index in [1.807, 2.05) is 11.3 Å². The second-order valence-electron chi connectivity index (χ2n) is 6.98. The molecule has 4 aliphatic heterocycles. The van der Waals surface area contributed by atoms with Crippen LogP contribution in [0.25, 0.3) is 0 Å². The van der Waals surface area contributed by atoms with Crippen LogP contribution in [0.5, 0.6) is 0 Å². The lowest BCUT2D eigenvalue weighted by Crippen LogP contribution is -2.38. The van der Waals surface area contributed by atoms with Crippen molar-refractivity contribution < 1.29 is 18.9 Å². The van der Waals surface area contributed by atoms with Crippen LogP contribution in [0.4, 0.5) is 0 Å². The Bertz CT molecular complexity index is 806. The molecule has 8 heteroatoms. The first-order valence-corrected chi connectivity index (χ1v) is 11.9. The lowest BCUT2D eigenvalue weighted by Gasteiger charge is -2.35. The standard InChI is InChI=1S/C18H19BrO4S3/c1-17(14-11(8-24-17)20-3-5-22-14)13-7-10(19)16(26-13)18(2)15-12(9-25-18)21-4-6-23-15/h7-9,14-15H,3-6H2,1-2H3. The Balaban J connectivity index is 1.49. The molecule has 0 radical (unpaired) electrons. The fourth-order valence-corrected chi connectivity index (χ4v) is 8.81. The number of hydrogen-bond donors (Lipinski definition) is 0. The molecule has 0 saturated carbocycles. The van der Waals surface area contributed by atoms with E-state index in [1.54, 1.807) is 23.5 Å². The van der Waals surface area contributed by atoms with Crippen LogP contribution in [0.3, 0.4) is 0 Å². The molecule has 4 atom stereocenters. The minimum Gasteiger partial charge on any atom is -0.492 e. The van der Waals surface area contributed by atoms with Gasteiger partial charge in [-0.15, -0.1) is 34.9 Å². The highest BCUT2D eigenvalue weighted by Gasteiger charge is 2.51. The van der Waals surface area contributed by atoms with Crippen molar-refractivity contribution in [3.63, 3.8) is 0 Å². The second-order valence-corrected chi connectivity index (χ2v) is 11.5. The minimum atomic E-state index is -0.183. The number of hydrogen-bond acceptors (Lipinski definition) is 7. The van der Waals surface area contributed by atoms with Crippen LogP contribution in [-0.4, -0.2) is 38.6 Å². The molecular weight excluding hydrogens is 456 g/mol. The zero-order chi connectivity index (χ0) is 17.9. The molecule has 5 heterocycles. The van der Waals surface area contributed by atoms with E-state index in [0.29, 0.717) is 26.4 Å². The zero-order valence-corrected chi connectivity index (χ0v) is 18.5. The van der Waals surface area contributed by atoms with Crippen LogP contribution < -0.4 is 0 Å². The van der Waals surface area contributed by atoms with Gasteiger partial charge in [0, 0.05) is 25.0 Å². The summed E-state index contributed by atoms with van der Waals surface area (Å²) in [7, 11) is 0. The first-order valence-electron chi connectivity index (χ1n) is 8.57. The Morgan fingerprint density at radius 3 is 2.15 bits per heavy atom.